The van der Waals surface area contributed by atoms with Crippen LogP contribution in [0, 0.1) is 0 Å². The van der Waals surface area contributed by atoms with E-state index in [0.29, 0.717) is 0 Å². The second-order valence-corrected chi connectivity index (χ2v) is 4.81. The number of hydrogen-bond donors (Lipinski definition) is 3. The van der Waals surface area contributed by atoms with Gasteiger partial charge in [0.2, 0.25) is 5.96 Å². The van der Waals surface area contributed by atoms with Gasteiger partial charge in [0.15, 0.2) is 5.96 Å². The van der Waals surface area contributed by atoms with Gasteiger partial charge >= 0.3 is 0 Å². The van der Waals surface area contributed by atoms with Gasteiger partial charge in [-0.2, -0.15) is 4.99 Å². The van der Waals surface area contributed by atoms with Crippen LogP contribution in [0.3, 0.4) is 0 Å². The third-order valence-electron chi connectivity index (χ3n) is 3.21. The topological polar surface area (TPSA) is 109 Å². The fraction of sp³-hybridized carbons (Fsp3) is 0.385. The summed E-state index contributed by atoms with van der Waals surface area (Å²) in [6, 6.07) is 7.88. The third-order valence-corrected chi connectivity index (χ3v) is 3.21. The Bertz CT molecular complexity index is 494. The van der Waals surface area contributed by atoms with E-state index in [4.69, 9.17) is 17.2 Å². The minimum absolute atomic E-state index is 0.0531. The Morgan fingerprint density at radius 3 is 2.15 bits per heavy atom. The number of rotatable bonds is 2. The van der Waals surface area contributed by atoms with Gasteiger partial charge in [-0.05, 0) is 31.3 Å². The highest BCUT2D eigenvalue weighted by atomic mass is 15.2. The van der Waals surface area contributed by atoms with Crippen molar-refractivity contribution in [2.75, 3.05) is 38.1 Å². The second-order valence-electron chi connectivity index (χ2n) is 4.81. The molecular weight excluding hydrogens is 254 g/mol. The van der Waals surface area contributed by atoms with Gasteiger partial charge < -0.3 is 27.0 Å². The standard InChI is InChI=1S/C13H21N7/c1-19-6-8-20(9-7-19)11-4-2-10(3-5-11)17-13(16)18-12(14)15/h2-5H,6-9H2,1H3,(H6,14,15,16,17,18). The van der Waals surface area contributed by atoms with Crippen LogP contribution in [0.4, 0.5) is 11.4 Å². The predicted octanol–water partition coefficient (Wildman–Crippen LogP) is -0.342. The molecule has 0 spiro atoms. The molecule has 0 atom stereocenters. The Kier molecular flexibility index (Phi) is 4.41. The molecule has 7 heteroatoms. The molecule has 0 aromatic heterocycles. The number of aliphatic imine (C=N–C) groups is 2. The molecule has 0 bridgehead atoms. The Morgan fingerprint density at radius 2 is 1.60 bits per heavy atom. The molecule has 1 aliphatic heterocycles. The molecule has 2 rings (SSSR count). The molecule has 1 fully saturated rings. The van der Waals surface area contributed by atoms with Gasteiger partial charge in [0.1, 0.15) is 0 Å². The monoisotopic (exact) mass is 275 g/mol. The first-order valence-electron chi connectivity index (χ1n) is 6.52. The lowest BCUT2D eigenvalue weighted by molar-refractivity contribution is 0.313. The molecule has 1 saturated heterocycles. The van der Waals surface area contributed by atoms with E-state index >= 15 is 0 Å². The van der Waals surface area contributed by atoms with Crippen molar-refractivity contribution in [2.45, 2.75) is 0 Å². The number of guanidine groups is 2. The molecule has 0 unspecified atom stereocenters. The molecule has 0 aliphatic carbocycles. The highest BCUT2D eigenvalue weighted by Crippen LogP contribution is 2.20. The van der Waals surface area contributed by atoms with E-state index in [-0.39, 0.29) is 11.9 Å². The quantitative estimate of drug-likeness (QED) is 0.505. The fourth-order valence-corrected chi connectivity index (χ4v) is 2.09. The summed E-state index contributed by atoms with van der Waals surface area (Å²) < 4.78 is 0. The number of benzene rings is 1. The molecular formula is C13H21N7. The van der Waals surface area contributed by atoms with Crippen molar-refractivity contribution in [1.82, 2.24) is 4.90 Å². The van der Waals surface area contributed by atoms with E-state index in [9.17, 15) is 0 Å². The summed E-state index contributed by atoms with van der Waals surface area (Å²) in [5.41, 5.74) is 18.0. The van der Waals surface area contributed by atoms with Crippen molar-refractivity contribution < 1.29 is 0 Å². The van der Waals surface area contributed by atoms with Crippen molar-refractivity contribution in [2.24, 2.45) is 27.2 Å². The summed E-state index contributed by atoms with van der Waals surface area (Å²) in [6.45, 7) is 4.24. The van der Waals surface area contributed by atoms with Crippen molar-refractivity contribution >= 4 is 23.3 Å². The lowest BCUT2D eigenvalue weighted by atomic mass is 10.2. The first kappa shape index (κ1) is 14.1. The van der Waals surface area contributed by atoms with Gasteiger partial charge in [-0.1, -0.05) is 0 Å². The molecule has 0 radical (unpaired) electrons. The fourth-order valence-electron chi connectivity index (χ4n) is 2.09. The van der Waals surface area contributed by atoms with E-state index in [1.807, 2.05) is 24.3 Å². The smallest absolute Gasteiger partial charge is 0.223 e. The van der Waals surface area contributed by atoms with Gasteiger partial charge in [-0.25, -0.2) is 4.99 Å². The minimum Gasteiger partial charge on any atom is -0.370 e. The van der Waals surface area contributed by atoms with Crippen LogP contribution < -0.4 is 22.1 Å². The zero-order valence-electron chi connectivity index (χ0n) is 11.7. The Balaban J connectivity index is 2.05. The Labute approximate surface area is 118 Å². The normalized spacial score (nSPS) is 17.1. The van der Waals surface area contributed by atoms with Gasteiger partial charge in [0, 0.05) is 31.9 Å². The summed E-state index contributed by atoms with van der Waals surface area (Å²) in [5, 5.41) is 0. The number of hydrogen-bond acceptors (Lipinski definition) is 3. The van der Waals surface area contributed by atoms with Crippen LogP contribution in [-0.2, 0) is 0 Å². The van der Waals surface area contributed by atoms with Gasteiger partial charge in [-0.3, -0.25) is 0 Å². The SMILES string of the molecule is CN1CCN(c2ccc(N=C(N)N=C(N)N)cc2)CC1. The van der Waals surface area contributed by atoms with Gasteiger partial charge in [-0.15, -0.1) is 0 Å². The summed E-state index contributed by atoms with van der Waals surface area (Å²) in [5.74, 6) is -0.0438. The maximum absolute atomic E-state index is 5.59. The van der Waals surface area contributed by atoms with Crippen LogP contribution in [0.5, 0.6) is 0 Å². The highest BCUT2D eigenvalue weighted by molar-refractivity contribution is 5.93. The Morgan fingerprint density at radius 1 is 1.00 bits per heavy atom. The second kappa shape index (κ2) is 6.25. The van der Waals surface area contributed by atoms with E-state index in [1.54, 1.807) is 0 Å². The average Bonchev–Trinajstić information content (AvgIpc) is 2.39. The van der Waals surface area contributed by atoms with Gasteiger partial charge in [0.05, 0.1) is 5.69 Å². The van der Waals surface area contributed by atoms with Crippen molar-refractivity contribution in [3.8, 4) is 0 Å². The lowest BCUT2D eigenvalue weighted by Crippen LogP contribution is -2.44. The van der Waals surface area contributed by atoms with Crippen LogP contribution in [0.2, 0.25) is 0 Å². The van der Waals surface area contributed by atoms with Crippen molar-refractivity contribution in [3.63, 3.8) is 0 Å². The van der Waals surface area contributed by atoms with E-state index in [2.05, 4.69) is 26.8 Å². The zero-order valence-corrected chi connectivity index (χ0v) is 11.7. The molecule has 0 saturated carbocycles. The first-order chi connectivity index (χ1) is 9.54. The van der Waals surface area contributed by atoms with Crippen molar-refractivity contribution in [3.05, 3.63) is 24.3 Å². The molecule has 20 heavy (non-hydrogen) atoms. The maximum Gasteiger partial charge on any atom is 0.223 e. The van der Waals surface area contributed by atoms with Crippen LogP contribution in [0.15, 0.2) is 34.3 Å². The largest absolute Gasteiger partial charge is 0.370 e. The zero-order chi connectivity index (χ0) is 14.5. The molecule has 6 N–H and O–H groups in total. The van der Waals surface area contributed by atoms with Crippen LogP contribution in [0.25, 0.3) is 0 Å². The molecule has 1 aliphatic rings. The summed E-state index contributed by atoms with van der Waals surface area (Å²) in [4.78, 5) is 12.5. The van der Waals surface area contributed by atoms with E-state index in [1.165, 1.54) is 5.69 Å². The number of nitrogens with zero attached hydrogens (tertiary/aromatic N) is 4. The third kappa shape index (κ3) is 3.86. The summed E-state index contributed by atoms with van der Waals surface area (Å²) >= 11 is 0. The van der Waals surface area contributed by atoms with Crippen LogP contribution in [-0.4, -0.2) is 50.0 Å². The molecule has 108 valence electrons. The molecule has 1 aromatic carbocycles. The predicted molar refractivity (Wildman–Crippen MR) is 83.2 cm³/mol. The lowest BCUT2D eigenvalue weighted by Gasteiger charge is -2.34. The molecule has 1 heterocycles. The van der Waals surface area contributed by atoms with E-state index in [0.717, 1.165) is 31.9 Å². The van der Waals surface area contributed by atoms with E-state index < -0.39 is 0 Å². The summed E-state index contributed by atoms with van der Waals surface area (Å²) in [6.07, 6.45) is 0. The van der Waals surface area contributed by atoms with Gasteiger partial charge in [0.25, 0.3) is 0 Å². The average molecular weight is 275 g/mol. The number of nitrogens with two attached hydrogens (primary N) is 3. The minimum atomic E-state index is -0.0969. The Hall–Kier alpha value is -2.28. The number of anilines is 1. The van der Waals surface area contributed by atoms with Crippen molar-refractivity contribution in [1.29, 1.82) is 0 Å². The highest BCUT2D eigenvalue weighted by Gasteiger charge is 2.13. The molecule has 0 amide bonds. The first-order valence-corrected chi connectivity index (χ1v) is 6.52. The molecule has 1 aromatic rings. The number of piperazine rings is 1. The number of likely N-dealkylation sites (N-methyl/N-ethyl adjacent to an activating group) is 1. The van der Waals surface area contributed by atoms with Crippen LogP contribution in [0.1, 0.15) is 0 Å². The molecule has 7 nitrogen and oxygen atoms in total. The van der Waals surface area contributed by atoms with Crippen LogP contribution >= 0.6 is 0 Å². The summed E-state index contributed by atoms with van der Waals surface area (Å²) in [7, 11) is 2.14. The maximum atomic E-state index is 5.59.